The van der Waals surface area contributed by atoms with Gasteiger partial charge in [0.05, 0.1) is 16.1 Å². The Kier molecular flexibility index (Phi) is 6.67. The van der Waals surface area contributed by atoms with Gasteiger partial charge in [0.25, 0.3) is 15.9 Å². The summed E-state index contributed by atoms with van der Waals surface area (Å²) in [6.45, 7) is 7.13. The van der Waals surface area contributed by atoms with Gasteiger partial charge in [-0.05, 0) is 75.1 Å². The summed E-state index contributed by atoms with van der Waals surface area (Å²) in [5.41, 5.74) is 5.27. The lowest BCUT2D eigenvalue weighted by Crippen LogP contribution is -2.35. The molecule has 35 heavy (non-hydrogen) atoms. The van der Waals surface area contributed by atoms with Crippen LogP contribution in [0.25, 0.3) is 0 Å². The highest BCUT2D eigenvalue weighted by Gasteiger charge is 2.36. The summed E-state index contributed by atoms with van der Waals surface area (Å²) in [7, 11) is -3.90. The molecule has 0 spiro atoms. The average Bonchev–Trinajstić information content (AvgIpc) is 3.16. The van der Waals surface area contributed by atoms with Gasteiger partial charge in [0, 0.05) is 11.7 Å². The van der Waals surface area contributed by atoms with Crippen LogP contribution >= 0.6 is 0 Å². The Morgan fingerprint density at radius 3 is 2.40 bits per heavy atom. The first kappa shape index (κ1) is 24.5. The number of esters is 1. The van der Waals surface area contributed by atoms with E-state index in [1.165, 1.54) is 28.6 Å². The van der Waals surface area contributed by atoms with Gasteiger partial charge >= 0.3 is 5.97 Å². The SMILES string of the molecule is Cc1cc(C)c(NC(=O)COC(=O)c2cccc(S(=O)(=O)N3c4ccccc4C[C@@H]3C)c2)c(C)c1. The molecule has 7 nitrogen and oxygen atoms in total. The first-order valence-electron chi connectivity index (χ1n) is 11.3. The number of benzene rings is 3. The first-order valence-corrected chi connectivity index (χ1v) is 12.8. The molecule has 8 heteroatoms. The predicted octanol–water partition coefficient (Wildman–Crippen LogP) is 4.55. The number of nitrogens with one attached hydrogen (secondary N) is 1. The van der Waals surface area contributed by atoms with Crippen LogP contribution in [0.1, 0.15) is 39.5 Å². The maximum absolute atomic E-state index is 13.4. The number of fused-ring (bicyclic) bond motifs is 1. The molecule has 0 saturated carbocycles. The van der Waals surface area contributed by atoms with Crippen molar-refractivity contribution in [3.8, 4) is 0 Å². The molecule has 1 aliphatic rings. The Balaban J connectivity index is 1.47. The van der Waals surface area contributed by atoms with Crippen molar-refractivity contribution in [3.05, 3.63) is 88.5 Å². The number of para-hydroxylation sites is 1. The second-order valence-corrected chi connectivity index (χ2v) is 10.7. The van der Waals surface area contributed by atoms with Crippen LogP contribution in [-0.2, 0) is 26.0 Å². The molecule has 182 valence electrons. The smallest absolute Gasteiger partial charge is 0.338 e. The van der Waals surface area contributed by atoms with Crippen molar-refractivity contribution in [1.82, 2.24) is 0 Å². The maximum Gasteiger partial charge on any atom is 0.338 e. The second-order valence-electron chi connectivity index (χ2n) is 8.91. The molecule has 4 rings (SSSR count). The molecular formula is C27H28N2O5S. The van der Waals surface area contributed by atoms with E-state index in [4.69, 9.17) is 4.74 Å². The highest BCUT2D eigenvalue weighted by atomic mass is 32.2. The summed E-state index contributed by atoms with van der Waals surface area (Å²) < 4.78 is 33.5. The van der Waals surface area contributed by atoms with Crippen LogP contribution in [0.3, 0.4) is 0 Å². The zero-order valence-corrected chi connectivity index (χ0v) is 21.0. The highest BCUT2D eigenvalue weighted by molar-refractivity contribution is 7.92. The number of nitrogens with zero attached hydrogens (tertiary/aromatic N) is 1. The summed E-state index contributed by atoms with van der Waals surface area (Å²) >= 11 is 0. The molecule has 0 aliphatic carbocycles. The van der Waals surface area contributed by atoms with Crippen LogP contribution in [0, 0.1) is 20.8 Å². The number of hydrogen-bond acceptors (Lipinski definition) is 5. The van der Waals surface area contributed by atoms with Crippen molar-refractivity contribution in [2.75, 3.05) is 16.2 Å². The van der Waals surface area contributed by atoms with Crippen LogP contribution in [0.15, 0.2) is 65.6 Å². The third-order valence-electron chi connectivity index (χ3n) is 6.05. The lowest BCUT2D eigenvalue weighted by Gasteiger charge is -2.24. The fraction of sp³-hybridized carbons (Fsp3) is 0.259. The van der Waals surface area contributed by atoms with Crippen LogP contribution in [0.2, 0.25) is 0 Å². The Morgan fingerprint density at radius 1 is 1.00 bits per heavy atom. The van der Waals surface area contributed by atoms with E-state index < -0.39 is 28.5 Å². The molecule has 3 aromatic carbocycles. The minimum Gasteiger partial charge on any atom is -0.452 e. The molecule has 0 fully saturated rings. The van der Waals surface area contributed by atoms with Crippen molar-refractivity contribution in [3.63, 3.8) is 0 Å². The summed E-state index contributed by atoms with van der Waals surface area (Å²) in [6, 6.07) is 16.8. The summed E-state index contributed by atoms with van der Waals surface area (Å²) in [5.74, 6) is -1.25. The normalized spacial score (nSPS) is 15.0. The molecule has 1 aliphatic heterocycles. The Morgan fingerprint density at radius 2 is 1.69 bits per heavy atom. The van der Waals surface area contributed by atoms with E-state index in [-0.39, 0.29) is 16.5 Å². The van der Waals surface area contributed by atoms with Crippen LogP contribution in [-0.4, -0.2) is 32.9 Å². The number of carbonyl (C=O) groups excluding carboxylic acids is 2. The third-order valence-corrected chi connectivity index (χ3v) is 7.97. The first-order chi connectivity index (χ1) is 16.6. The largest absolute Gasteiger partial charge is 0.452 e. The minimum absolute atomic E-state index is 0.00846. The molecule has 3 aromatic rings. The Bertz CT molecular complexity index is 1390. The molecule has 1 heterocycles. The molecule has 1 N–H and O–H groups in total. The number of aryl methyl sites for hydroxylation is 3. The topological polar surface area (TPSA) is 92.8 Å². The van der Waals surface area contributed by atoms with E-state index in [2.05, 4.69) is 5.32 Å². The van der Waals surface area contributed by atoms with Crippen LogP contribution in [0.5, 0.6) is 0 Å². The quantitative estimate of drug-likeness (QED) is 0.510. The minimum atomic E-state index is -3.90. The van der Waals surface area contributed by atoms with Crippen molar-refractivity contribution in [2.45, 2.75) is 45.1 Å². The number of ether oxygens (including phenoxy) is 1. The van der Waals surface area contributed by atoms with Gasteiger partial charge in [0.15, 0.2) is 6.61 Å². The maximum atomic E-state index is 13.4. The number of hydrogen-bond donors (Lipinski definition) is 1. The van der Waals surface area contributed by atoms with E-state index in [0.717, 1.165) is 22.3 Å². The fourth-order valence-electron chi connectivity index (χ4n) is 4.57. The van der Waals surface area contributed by atoms with Gasteiger partial charge in [-0.1, -0.05) is 42.0 Å². The van der Waals surface area contributed by atoms with E-state index in [1.54, 1.807) is 12.1 Å². The van der Waals surface area contributed by atoms with Crippen LogP contribution in [0.4, 0.5) is 11.4 Å². The molecule has 0 aromatic heterocycles. The monoisotopic (exact) mass is 492 g/mol. The second kappa shape index (κ2) is 9.54. The van der Waals surface area contributed by atoms with E-state index in [1.807, 2.05) is 52.0 Å². The standard InChI is InChI=1S/C27H28N2O5S/c1-17-12-18(2)26(19(3)13-17)28-25(30)16-34-27(31)22-9-7-10-23(15-22)35(32,33)29-20(4)14-21-8-5-6-11-24(21)29/h5-13,15,20H,14,16H2,1-4H3,(H,28,30)/t20-/m0/s1. The van der Waals surface area contributed by atoms with Crippen molar-refractivity contribution < 1.29 is 22.7 Å². The average molecular weight is 493 g/mol. The summed E-state index contributed by atoms with van der Waals surface area (Å²) in [4.78, 5) is 25.0. The molecule has 0 radical (unpaired) electrons. The Hall–Kier alpha value is -3.65. The number of carbonyl (C=O) groups is 2. The summed E-state index contributed by atoms with van der Waals surface area (Å²) in [6.07, 6.45) is 0.617. The number of sulfonamides is 1. The molecule has 1 amide bonds. The lowest BCUT2D eigenvalue weighted by molar-refractivity contribution is -0.119. The van der Waals surface area contributed by atoms with Gasteiger partial charge in [-0.25, -0.2) is 13.2 Å². The molecular weight excluding hydrogens is 464 g/mol. The predicted molar refractivity (Wildman–Crippen MR) is 135 cm³/mol. The highest BCUT2D eigenvalue weighted by Crippen LogP contribution is 2.36. The molecule has 0 bridgehead atoms. The number of rotatable bonds is 6. The number of anilines is 2. The van der Waals surface area contributed by atoms with Gasteiger partial charge in [0.1, 0.15) is 0 Å². The molecule has 1 atom stereocenters. The zero-order valence-electron chi connectivity index (χ0n) is 20.2. The summed E-state index contributed by atoms with van der Waals surface area (Å²) in [5, 5.41) is 2.78. The molecule has 0 saturated heterocycles. The van der Waals surface area contributed by atoms with E-state index in [9.17, 15) is 18.0 Å². The van der Waals surface area contributed by atoms with Gasteiger partial charge in [-0.3, -0.25) is 9.10 Å². The van der Waals surface area contributed by atoms with Crippen molar-refractivity contribution in [1.29, 1.82) is 0 Å². The number of amides is 1. The third kappa shape index (κ3) is 4.93. The van der Waals surface area contributed by atoms with Crippen LogP contribution < -0.4 is 9.62 Å². The van der Waals surface area contributed by atoms with Crippen molar-refractivity contribution in [2.24, 2.45) is 0 Å². The fourth-order valence-corrected chi connectivity index (χ4v) is 6.31. The van der Waals surface area contributed by atoms with Gasteiger partial charge in [-0.2, -0.15) is 0 Å². The van der Waals surface area contributed by atoms with E-state index >= 15 is 0 Å². The van der Waals surface area contributed by atoms with E-state index in [0.29, 0.717) is 17.8 Å². The van der Waals surface area contributed by atoms with Gasteiger partial charge in [-0.15, -0.1) is 0 Å². The van der Waals surface area contributed by atoms with Crippen molar-refractivity contribution >= 4 is 33.3 Å². The lowest BCUT2D eigenvalue weighted by atomic mass is 10.1. The molecule has 0 unspecified atom stereocenters. The zero-order chi connectivity index (χ0) is 25.3. The van der Waals surface area contributed by atoms with Gasteiger partial charge in [0.2, 0.25) is 0 Å². The Labute approximate surface area is 205 Å². The van der Waals surface area contributed by atoms with Gasteiger partial charge < -0.3 is 10.1 Å².